The molecule has 1 aromatic carbocycles. The van der Waals surface area contributed by atoms with Crippen molar-refractivity contribution in [2.45, 2.75) is 38.8 Å². The van der Waals surface area contributed by atoms with E-state index in [4.69, 9.17) is 4.74 Å². The highest BCUT2D eigenvalue weighted by Crippen LogP contribution is 2.30. The van der Waals surface area contributed by atoms with Gasteiger partial charge in [0.15, 0.2) is 0 Å². The summed E-state index contributed by atoms with van der Waals surface area (Å²) in [7, 11) is 1.69. The predicted octanol–water partition coefficient (Wildman–Crippen LogP) is 3.74. The lowest BCUT2D eigenvalue weighted by atomic mass is 9.80. The second-order valence-electron chi connectivity index (χ2n) is 4.83. The maximum atomic E-state index is 5.22. The van der Waals surface area contributed by atoms with Crippen molar-refractivity contribution in [3.8, 4) is 5.75 Å². The molecule has 0 saturated heterocycles. The summed E-state index contributed by atoms with van der Waals surface area (Å²) in [6.07, 6.45) is 4.19. The molecular weight excluding hydrogens is 278 g/mol. The van der Waals surface area contributed by atoms with Crippen LogP contribution < -0.4 is 10.1 Å². The van der Waals surface area contributed by atoms with Crippen LogP contribution in [-0.2, 0) is 6.54 Å². The SMILES string of the molecule is COc1ccc(CNC(C)C2CCC2)cc1Br. The molecule has 0 spiro atoms. The van der Waals surface area contributed by atoms with Gasteiger partial charge in [0.1, 0.15) is 5.75 Å². The van der Waals surface area contributed by atoms with Gasteiger partial charge in [-0.25, -0.2) is 0 Å². The van der Waals surface area contributed by atoms with Gasteiger partial charge in [0.05, 0.1) is 11.6 Å². The van der Waals surface area contributed by atoms with Crippen molar-refractivity contribution >= 4 is 15.9 Å². The standard InChI is InChI=1S/C14H20BrNO/c1-10(12-4-3-5-12)16-9-11-6-7-14(17-2)13(15)8-11/h6-8,10,12,16H,3-5,9H2,1-2H3. The second kappa shape index (κ2) is 5.87. The fourth-order valence-electron chi connectivity index (χ4n) is 2.21. The van der Waals surface area contributed by atoms with E-state index in [1.54, 1.807) is 7.11 Å². The number of halogens is 1. The third-order valence-electron chi connectivity index (χ3n) is 3.70. The van der Waals surface area contributed by atoms with Crippen molar-refractivity contribution in [2.75, 3.05) is 7.11 Å². The zero-order chi connectivity index (χ0) is 12.3. The van der Waals surface area contributed by atoms with E-state index in [9.17, 15) is 0 Å². The molecule has 0 radical (unpaired) electrons. The fourth-order valence-corrected chi connectivity index (χ4v) is 2.79. The third-order valence-corrected chi connectivity index (χ3v) is 4.32. The van der Waals surface area contributed by atoms with Crippen molar-refractivity contribution in [3.05, 3.63) is 28.2 Å². The average Bonchev–Trinajstić information content (AvgIpc) is 2.24. The monoisotopic (exact) mass is 297 g/mol. The van der Waals surface area contributed by atoms with Crippen LogP contribution >= 0.6 is 15.9 Å². The van der Waals surface area contributed by atoms with Crippen molar-refractivity contribution in [1.82, 2.24) is 5.32 Å². The van der Waals surface area contributed by atoms with Crippen LogP contribution in [0.25, 0.3) is 0 Å². The van der Waals surface area contributed by atoms with Gasteiger partial charge in [-0.15, -0.1) is 0 Å². The number of ether oxygens (including phenoxy) is 1. The minimum Gasteiger partial charge on any atom is -0.496 e. The van der Waals surface area contributed by atoms with Gasteiger partial charge in [0.2, 0.25) is 0 Å². The molecule has 1 atom stereocenters. The summed E-state index contributed by atoms with van der Waals surface area (Å²) in [5.41, 5.74) is 1.30. The second-order valence-corrected chi connectivity index (χ2v) is 5.68. The summed E-state index contributed by atoms with van der Waals surface area (Å²) >= 11 is 3.52. The summed E-state index contributed by atoms with van der Waals surface area (Å²) in [4.78, 5) is 0. The largest absolute Gasteiger partial charge is 0.496 e. The third kappa shape index (κ3) is 3.23. The van der Waals surface area contributed by atoms with Crippen LogP contribution in [0.1, 0.15) is 31.7 Å². The summed E-state index contributed by atoms with van der Waals surface area (Å²) in [6, 6.07) is 6.88. The number of methoxy groups -OCH3 is 1. The number of rotatable bonds is 5. The molecule has 0 aromatic heterocycles. The Kier molecular flexibility index (Phi) is 4.46. The predicted molar refractivity (Wildman–Crippen MR) is 74.3 cm³/mol. The molecule has 1 aromatic rings. The first-order chi connectivity index (χ1) is 8.20. The molecule has 0 amide bonds. The minimum atomic E-state index is 0.629. The Hall–Kier alpha value is -0.540. The lowest BCUT2D eigenvalue weighted by Gasteiger charge is -2.32. The lowest BCUT2D eigenvalue weighted by Crippen LogP contribution is -2.36. The molecule has 1 saturated carbocycles. The van der Waals surface area contributed by atoms with Crippen LogP contribution in [0.2, 0.25) is 0 Å². The van der Waals surface area contributed by atoms with Crippen LogP contribution in [0.15, 0.2) is 22.7 Å². The molecule has 2 rings (SSSR count). The van der Waals surface area contributed by atoms with Gasteiger partial charge in [0, 0.05) is 12.6 Å². The molecule has 17 heavy (non-hydrogen) atoms. The smallest absolute Gasteiger partial charge is 0.133 e. The number of nitrogens with one attached hydrogen (secondary N) is 1. The van der Waals surface area contributed by atoms with Crippen LogP contribution in [0, 0.1) is 5.92 Å². The molecule has 2 nitrogen and oxygen atoms in total. The number of benzene rings is 1. The molecule has 1 unspecified atom stereocenters. The Bertz CT molecular complexity index is 376. The summed E-state index contributed by atoms with van der Waals surface area (Å²) in [5.74, 6) is 1.78. The van der Waals surface area contributed by atoms with Gasteiger partial charge in [0.25, 0.3) is 0 Å². The number of hydrogen-bond donors (Lipinski definition) is 1. The maximum absolute atomic E-state index is 5.22. The topological polar surface area (TPSA) is 21.3 Å². The molecule has 0 aliphatic heterocycles. The highest BCUT2D eigenvalue weighted by Gasteiger charge is 2.23. The van der Waals surface area contributed by atoms with Gasteiger partial charge in [-0.1, -0.05) is 12.5 Å². The Morgan fingerprint density at radius 2 is 2.24 bits per heavy atom. The molecule has 1 N–H and O–H groups in total. The van der Waals surface area contributed by atoms with Gasteiger partial charge < -0.3 is 10.1 Å². The summed E-state index contributed by atoms with van der Waals surface area (Å²) in [6.45, 7) is 3.22. The quantitative estimate of drug-likeness (QED) is 0.894. The van der Waals surface area contributed by atoms with Crippen LogP contribution in [0.5, 0.6) is 5.75 Å². The van der Waals surface area contributed by atoms with E-state index in [1.807, 2.05) is 6.07 Å². The fraction of sp³-hybridized carbons (Fsp3) is 0.571. The molecular formula is C14H20BrNO. The molecule has 3 heteroatoms. The van der Waals surface area contributed by atoms with Crippen molar-refractivity contribution in [3.63, 3.8) is 0 Å². The van der Waals surface area contributed by atoms with Gasteiger partial charge in [-0.2, -0.15) is 0 Å². The Balaban J connectivity index is 1.87. The van der Waals surface area contributed by atoms with Crippen molar-refractivity contribution < 1.29 is 4.74 Å². The maximum Gasteiger partial charge on any atom is 0.133 e. The van der Waals surface area contributed by atoms with E-state index in [0.29, 0.717) is 6.04 Å². The number of hydrogen-bond acceptors (Lipinski definition) is 2. The first-order valence-electron chi connectivity index (χ1n) is 6.26. The van der Waals surface area contributed by atoms with E-state index >= 15 is 0 Å². The molecule has 1 aliphatic carbocycles. The van der Waals surface area contributed by atoms with E-state index in [-0.39, 0.29) is 0 Å². The minimum absolute atomic E-state index is 0.629. The van der Waals surface area contributed by atoms with E-state index in [1.165, 1.54) is 24.8 Å². The first kappa shape index (κ1) is 12.9. The van der Waals surface area contributed by atoms with Crippen molar-refractivity contribution in [1.29, 1.82) is 0 Å². The van der Waals surface area contributed by atoms with E-state index in [2.05, 4.69) is 40.3 Å². The summed E-state index contributed by atoms with van der Waals surface area (Å²) in [5, 5.41) is 3.60. The van der Waals surface area contributed by atoms with Gasteiger partial charge in [-0.3, -0.25) is 0 Å². The molecule has 0 bridgehead atoms. The Morgan fingerprint density at radius 1 is 1.47 bits per heavy atom. The van der Waals surface area contributed by atoms with Crippen LogP contribution in [0.3, 0.4) is 0 Å². The Morgan fingerprint density at radius 3 is 2.76 bits per heavy atom. The lowest BCUT2D eigenvalue weighted by molar-refractivity contribution is 0.240. The Labute approximate surface area is 112 Å². The van der Waals surface area contributed by atoms with Crippen LogP contribution in [0.4, 0.5) is 0 Å². The molecule has 1 aliphatic rings. The highest BCUT2D eigenvalue weighted by atomic mass is 79.9. The zero-order valence-corrected chi connectivity index (χ0v) is 12.1. The molecule has 0 heterocycles. The van der Waals surface area contributed by atoms with E-state index in [0.717, 1.165) is 22.7 Å². The van der Waals surface area contributed by atoms with Crippen LogP contribution in [-0.4, -0.2) is 13.2 Å². The zero-order valence-electron chi connectivity index (χ0n) is 10.5. The van der Waals surface area contributed by atoms with Gasteiger partial charge >= 0.3 is 0 Å². The van der Waals surface area contributed by atoms with Crippen molar-refractivity contribution in [2.24, 2.45) is 5.92 Å². The van der Waals surface area contributed by atoms with Gasteiger partial charge in [-0.05, 0) is 59.3 Å². The average molecular weight is 298 g/mol. The van der Waals surface area contributed by atoms with E-state index < -0.39 is 0 Å². The first-order valence-corrected chi connectivity index (χ1v) is 7.06. The summed E-state index contributed by atoms with van der Waals surface area (Å²) < 4.78 is 6.25. The molecule has 1 fully saturated rings. The normalized spacial score (nSPS) is 17.6. The molecule has 94 valence electrons. The highest BCUT2D eigenvalue weighted by molar-refractivity contribution is 9.10.